The lowest BCUT2D eigenvalue weighted by Gasteiger charge is -2.23. The van der Waals surface area contributed by atoms with Crippen molar-refractivity contribution in [1.82, 2.24) is 4.98 Å². The van der Waals surface area contributed by atoms with Gasteiger partial charge in [0.2, 0.25) is 0 Å². The average Bonchev–Trinajstić information content (AvgIpc) is 3.47. The number of nitrogens with zero attached hydrogens (tertiary/aromatic N) is 2. The molecule has 0 radical (unpaired) electrons. The molecule has 1 atom stereocenters. The summed E-state index contributed by atoms with van der Waals surface area (Å²) in [7, 11) is 2.85. The summed E-state index contributed by atoms with van der Waals surface area (Å²) in [5.41, 5.74) is 1.02. The predicted molar refractivity (Wildman–Crippen MR) is 120 cm³/mol. The van der Waals surface area contributed by atoms with Gasteiger partial charge in [-0.2, -0.15) is 0 Å². The lowest BCUT2D eigenvalue weighted by atomic mass is 10.1. The number of carbonyl (C=O) groups is 2. The van der Waals surface area contributed by atoms with E-state index in [-0.39, 0.29) is 23.1 Å². The van der Waals surface area contributed by atoms with Gasteiger partial charge in [0.05, 0.1) is 47.7 Å². The SMILES string of the molecule is COC(=O)c1ccccc1C(=O)N(CC1CCCO1)c1nc2c(OC)ccc(Cl)c2s1. The standard InChI is InChI=1S/C22H21ClN2O5S/c1-28-17-10-9-16(23)19-18(17)24-22(31-19)25(12-13-6-5-11-30-13)20(26)14-7-3-4-8-15(14)21(27)29-2/h3-4,7-10,13H,5-6,11-12H2,1-2H3. The number of ether oxygens (including phenoxy) is 3. The van der Waals surface area contributed by atoms with Crippen LogP contribution < -0.4 is 9.64 Å². The van der Waals surface area contributed by atoms with Gasteiger partial charge in [-0.05, 0) is 37.1 Å². The van der Waals surface area contributed by atoms with Gasteiger partial charge in [-0.25, -0.2) is 9.78 Å². The molecule has 1 aliphatic heterocycles. The first kappa shape index (κ1) is 21.5. The van der Waals surface area contributed by atoms with Crippen LogP contribution in [-0.2, 0) is 9.47 Å². The smallest absolute Gasteiger partial charge is 0.338 e. The lowest BCUT2D eigenvalue weighted by Crippen LogP contribution is -2.38. The van der Waals surface area contributed by atoms with E-state index in [1.54, 1.807) is 48.4 Å². The highest BCUT2D eigenvalue weighted by molar-refractivity contribution is 7.23. The molecule has 2 heterocycles. The largest absolute Gasteiger partial charge is 0.494 e. The molecule has 7 nitrogen and oxygen atoms in total. The third-order valence-electron chi connectivity index (χ3n) is 5.12. The second-order valence-electron chi connectivity index (χ2n) is 7.01. The summed E-state index contributed by atoms with van der Waals surface area (Å²) in [6, 6.07) is 10.1. The number of fused-ring (bicyclic) bond motifs is 1. The fourth-order valence-corrected chi connectivity index (χ4v) is 4.83. The number of aromatic nitrogens is 1. The van der Waals surface area contributed by atoms with Gasteiger partial charge >= 0.3 is 5.97 Å². The monoisotopic (exact) mass is 460 g/mol. The number of halogens is 1. The van der Waals surface area contributed by atoms with Crippen molar-refractivity contribution in [3.63, 3.8) is 0 Å². The maximum atomic E-state index is 13.7. The summed E-state index contributed by atoms with van der Waals surface area (Å²) < 4.78 is 16.8. The van der Waals surface area contributed by atoms with E-state index in [0.29, 0.717) is 34.6 Å². The molecule has 1 unspecified atom stereocenters. The van der Waals surface area contributed by atoms with Crippen LogP contribution in [0.5, 0.6) is 5.75 Å². The first-order valence-corrected chi connectivity index (χ1v) is 11.0. The molecule has 1 fully saturated rings. The molecule has 31 heavy (non-hydrogen) atoms. The zero-order valence-electron chi connectivity index (χ0n) is 17.1. The molecule has 0 spiro atoms. The Hall–Kier alpha value is -2.68. The zero-order chi connectivity index (χ0) is 22.0. The molecule has 0 saturated carbocycles. The molecular weight excluding hydrogens is 440 g/mol. The van der Waals surface area contributed by atoms with E-state index in [2.05, 4.69) is 4.98 Å². The number of anilines is 1. The van der Waals surface area contributed by atoms with E-state index in [0.717, 1.165) is 17.5 Å². The highest BCUT2D eigenvalue weighted by Crippen LogP contribution is 2.39. The summed E-state index contributed by atoms with van der Waals surface area (Å²) in [6.07, 6.45) is 1.67. The van der Waals surface area contributed by atoms with Crippen molar-refractivity contribution in [2.45, 2.75) is 18.9 Å². The first-order chi connectivity index (χ1) is 15.0. The van der Waals surface area contributed by atoms with Gasteiger partial charge in [-0.3, -0.25) is 9.69 Å². The van der Waals surface area contributed by atoms with Crippen LogP contribution in [0.4, 0.5) is 5.13 Å². The maximum absolute atomic E-state index is 13.7. The van der Waals surface area contributed by atoms with Crippen LogP contribution in [0.15, 0.2) is 36.4 Å². The minimum atomic E-state index is -0.574. The van der Waals surface area contributed by atoms with Crippen LogP contribution in [0, 0.1) is 0 Å². The molecule has 0 bridgehead atoms. The topological polar surface area (TPSA) is 78.0 Å². The molecule has 0 N–H and O–H groups in total. The zero-order valence-corrected chi connectivity index (χ0v) is 18.7. The minimum absolute atomic E-state index is 0.112. The summed E-state index contributed by atoms with van der Waals surface area (Å²) in [6.45, 7) is 0.971. The fourth-order valence-electron chi connectivity index (χ4n) is 3.56. The molecule has 4 rings (SSSR count). The maximum Gasteiger partial charge on any atom is 0.338 e. The Morgan fingerprint density at radius 1 is 1.23 bits per heavy atom. The summed E-state index contributed by atoms with van der Waals surface area (Å²) in [4.78, 5) is 32.1. The molecule has 1 aromatic heterocycles. The molecule has 9 heteroatoms. The van der Waals surface area contributed by atoms with Crippen LogP contribution >= 0.6 is 22.9 Å². The third-order valence-corrected chi connectivity index (χ3v) is 6.65. The van der Waals surface area contributed by atoms with Crippen molar-refractivity contribution in [1.29, 1.82) is 0 Å². The highest BCUT2D eigenvalue weighted by Gasteiger charge is 2.30. The Kier molecular flexibility index (Phi) is 6.41. The van der Waals surface area contributed by atoms with Gasteiger partial charge < -0.3 is 14.2 Å². The first-order valence-electron chi connectivity index (χ1n) is 9.77. The summed E-state index contributed by atoms with van der Waals surface area (Å²) in [5, 5.41) is 0.987. The van der Waals surface area contributed by atoms with E-state index in [9.17, 15) is 9.59 Å². The van der Waals surface area contributed by atoms with Crippen molar-refractivity contribution >= 4 is 50.2 Å². The number of methoxy groups -OCH3 is 2. The van der Waals surface area contributed by atoms with Gasteiger partial charge in [-0.1, -0.05) is 35.1 Å². The number of hydrogen-bond donors (Lipinski definition) is 0. The molecule has 0 aliphatic carbocycles. The van der Waals surface area contributed by atoms with Crippen molar-refractivity contribution < 1.29 is 23.8 Å². The van der Waals surface area contributed by atoms with E-state index < -0.39 is 5.97 Å². The molecular formula is C22H21ClN2O5S. The number of benzene rings is 2. The number of rotatable bonds is 6. The normalized spacial score (nSPS) is 15.8. The second kappa shape index (κ2) is 9.21. The van der Waals surface area contributed by atoms with Gasteiger partial charge in [0.1, 0.15) is 11.3 Å². The van der Waals surface area contributed by atoms with Gasteiger partial charge in [0.25, 0.3) is 5.91 Å². The second-order valence-corrected chi connectivity index (χ2v) is 8.40. The Labute approximate surface area is 188 Å². The fraction of sp³-hybridized carbons (Fsp3) is 0.318. The number of amides is 1. The van der Waals surface area contributed by atoms with Gasteiger partial charge in [0, 0.05) is 6.61 Å². The van der Waals surface area contributed by atoms with E-state index in [1.807, 2.05) is 0 Å². The summed E-state index contributed by atoms with van der Waals surface area (Å²) in [5.74, 6) is -0.359. The number of carbonyl (C=O) groups excluding carboxylic acids is 2. The molecule has 1 saturated heterocycles. The number of thiazole rings is 1. The average molecular weight is 461 g/mol. The molecule has 3 aromatic rings. The van der Waals surface area contributed by atoms with E-state index >= 15 is 0 Å². The minimum Gasteiger partial charge on any atom is -0.494 e. The molecule has 1 amide bonds. The number of hydrogen-bond acceptors (Lipinski definition) is 7. The van der Waals surface area contributed by atoms with Gasteiger partial charge in [0.15, 0.2) is 5.13 Å². The Morgan fingerprint density at radius 2 is 2.00 bits per heavy atom. The van der Waals surface area contributed by atoms with Crippen LogP contribution in [-0.4, -0.2) is 50.3 Å². The Bertz CT molecular complexity index is 1130. The van der Waals surface area contributed by atoms with Crippen molar-refractivity contribution in [3.8, 4) is 5.75 Å². The van der Waals surface area contributed by atoms with Crippen molar-refractivity contribution in [2.75, 3.05) is 32.3 Å². The van der Waals surface area contributed by atoms with Crippen LogP contribution in [0.1, 0.15) is 33.6 Å². The predicted octanol–water partition coefficient (Wildman–Crippen LogP) is 4.57. The quantitative estimate of drug-likeness (QED) is 0.501. The van der Waals surface area contributed by atoms with E-state index in [1.165, 1.54) is 18.4 Å². The Balaban J connectivity index is 1.80. The number of esters is 1. The molecule has 162 valence electrons. The molecule has 2 aromatic carbocycles. The highest BCUT2D eigenvalue weighted by atomic mass is 35.5. The Morgan fingerprint density at radius 3 is 2.68 bits per heavy atom. The van der Waals surface area contributed by atoms with Crippen molar-refractivity contribution in [2.24, 2.45) is 0 Å². The van der Waals surface area contributed by atoms with Crippen LogP contribution in [0.25, 0.3) is 10.2 Å². The van der Waals surface area contributed by atoms with Crippen LogP contribution in [0.3, 0.4) is 0 Å². The van der Waals surface area contributed by atoms with Crippen molar-refractivity contribution in [3.05, 3.63) is 52.5 Å². The van der Waals surface area contributed by atoms with Gasteiger partial charge in [-0.15, -0.1) is 0 Å². The third kappa shape index (κ3) is 4.23. The summed E-state index contributed by atoms with van der Waals surface area (Å²) >= 11 is 7.68. The van der Waals surface area contributed by atoms with Crippen LogP contribution in [0.2, 0.25) is 5.02 Å². The molecule has 1 aliphatic rings. The van der Waals surface area contributed by atoms with E-state index in [4.69, 9.17) is 25.8 Å². The lowest BCUT2D eigenvalue weighted by molar-refractivity contribution is 0.0596.